The van der Waals surface area contributed by atoms with Gasteiger partial charge in [-0.2, -0.15) is 0 Å². The Morgan fingerprint density at radius 1 is 1.03 bits per heavy atom. The minimum absolute atomic E-state index is 0.213. The van der Waals surface area contributed by atoms with Crippen LogP contribution in [0.15, 0.2) is 54.6 Å². The SMILES string of the molecule is Cc1cc(C(=O)CN2C(=O)N[C@@](C)(c3ccccc3)C2=O)c(C)n1Cc1ccc2c(c1)OCO2. The van der Waals surface area contributed by atoms with E-state index < -0.39 is 17.5 Å². The Morgan fingerprint density at radius 2 is 1.76 bits per heavy atom. The molecule has 1 atom stereocenters. The predicted molar refractivity (Wildman–Crippen MR) is 124 cm³/mol. The smallest absolute Gasteiger partial charge is 0.325 e. The van der Waals surface area contributed by atoms with Crippen molar-refractivity contribution in [3.63, 3.8) is 0 Å². The molecule has 2 aliphatic heterocycles. The van der Waals surface area contributed by atoms with E-state index >= 15 is 0 Å². The molecule has 3 amide bonds. The van der Waals surface area contributed by atoms with Crippen molar-refractivity contribution in [1.82, 2.24) is 14.8 Å². The zero-order chi connectivity index (χ0) is 24.0. The summed E-state index contributed by atoms with van der Waals surface area (Å²) in [6, 6.07) is 16.0. The van der Waals surface area contributed by atoms with Crippen LogP contribution in [-0.4, -0.2) is 40.5 Å². The zero-order valence-electron chi connectivity index (χ0n) is 19.3. The maximum absolute atomic E-state index is 13.2. The van der Waals surface area contributed by atoms with Gasteiger partial charge in [0.1, 0.15) is 5.54 Å². The molecule has 34 heavy (non-hydrogen) atoms. The highest BCUT2D eigenvalue weighted by Crippen LogP contribution is 2.33. The zero-order valence-corrected chi connectivity index (χ0v) is 19.3. The van der Waals surface area contributed by atoms with Gasteiger partial charge in [-0.25, -0.2) is 4.79 Å². The van der Waals surface area contributed by atoms with Gasteiger partial charge in [0.05, 0.1) is 6.54 Å². The highest BCUT2D eigenvalue weighted by atomic mass is 16.7. The van der Waals surface area contributed by atoms with Crippen LogP contribution in [0.4, 0.5) is 4.79 Å². The van der Waals surface area contributed by atoms with Gasteiger partial charge in [-0.1, -0.05) is 36.4 Å². The molecule has 1 fully saturated rings. The van der Waals surface area contributed by atoms with Crippen molar-refractivity contribution in [2.75, 3.05) is 13.3 Å². The lowest BCUT2D eigenvalue weighted by atomic mass is 9.92. The molecule has 5 rings (SSSR count). The molecular formula is C26H25N3O5. The number of hydrogen-bond acceptors (Lipinski definition) is 5. The molecule has 174 valence electrons. The van der Waals surface area contributed by atoms with Crippen molar-refractivity contribution in [3.05, 3.63) is 82.7 Å². The number of rotatable bonds is 6. The number of fused-ring (bicyclic) bond motifs is 1. The molecule has 8 nitrogen and oxygen atoms in total. The first-order chi connectivity index (χ1) is 16.3. The fourth-order valence-corrected chi connectivity index (χ4v) is 4.59. The summed E-state index contributed by atoms with van der Waals surface area (Å²) in [4.78, 5) is 40.0. The van der Waals surface area contributed by atoms with Crippen LogP contribution in [0.1, 0.15) is 39.8 Å². The van der Waals surface area contributed by atoms with Crippen molar-refractivity contribution in [2.24, 2.45) is 0 Å². The molecule has 1 N–H and O–H groups in total. The normalized spacial score (nSPS) is 19.0. The molecule has 0 unspecified atom stereocenters. The molecule has 1 aromatic heterocycles. The fourth-order valence-electron chi connectivity index (χ4n) is 4.59. The topological polar surface area (TPSA) is 89.9 Å². The van der Waals surface area contributed by atoms with E-state index in [0.29, 0.717) is 23.4 Å². The molecule has 3 aromatic rings. The van der Waals surface area contributed by atoms with Crippen LogP contribution in [0.5, 0.6) is 11.5 Å². The summed E-state index contributed by atoms with van der Waals surface area (Å²) in [5.74, 6) is 0.699. The summed E-state index contributed by atoms with van der Waals surface area (Å²) in [6.07, 6.45) is 0. The Balaban J connectivity index is 1.35. The second kappa shape index (κ2) is 8.06. The highest BCUT2D eigenvalue weighted by molar-refractivity contribution is 6.11. The Morgan fingerprint density at radius 3 is 2.53 bits per heavy atom. The fraction of sp³-hybridized carbons (Fsp3) is 0.269. The molecule has 1 saturated heterocycles. The number of aromatic nitrogens is 1. The van der Waals surface area contributed by atoms with E-state index in [-0.39, 0.29) is 19.1 Å². The third-order valence-electron chi connectivity index (χ3n) is 6.58. The standard InChI is InChI=1S/C26H25N3O5/c1-16-11-20(17(2)28(16)13-18-9-10-22-23(12-18)34-15-33-22)21(30)14-29-24(31)26(3,27-25(29)32)19-7-5-4-6-8-19/h4-12H,13-15H2,1-3H3,(H,27,32)/t26-/m0/s1. The number of Topliss-reactive ketones (excluding diaryl/α,β-unsaturated/α-hetero) is 1. The largest absolute Gasteiger partial charge is 0.454 e. The molecular weight excluding hydrogens is 434 g/mol. The van der Waals surface area contributed by atoms with E-state index in [4.69, 9.17) is 9.47 Å². The molecule has 0 radical (unpaired) electrons. The van der Waals surface area contributed by atoms with Crippen molar-refractivity contribution in [1.29, 1.82) is 0 Å². The van der Waals surface area contributed by atoms with Crippen LogP contribution in [0.3, 0.4) is 0 Å². The number of benzene rings is 2. The van der Waals surface area contributed by atoms with E-state index in [0.717, 1.165) is 27.6 Å². The molecule has 8 heteroatoms. The molecule has 0 bridgehead atoms. The molecule has 2 aliphatic rings. The molecule has 2 aromatic carbocycles. The summed E-state index contributed by atoms with van der Waals surface area (Å²) in [5, 5.41) is 2.75. The van der Waals surface area contributed by atoms with Crippen LogP contribution in [0.25, 0.3) is 0 Å². The molecule has 0 aliphatic carbocycles. The average Bonchev–Trinajstić information content (AvgIpc) is 3.47. The molecule has 0 spiro atoms. The highest BCUT2D eigenvalue weighted by Gasteiger charge is 2.49. The van der Waals surface area contributed by atoms with E-state index in [1.807, 2.05) is 54.8 Å². The molecule has 3 heterocycles. The van der Waals surface area contributed by atoms with Gasteiger partial charge in [-0.05, 0) is 50.1 Å². The minimum atomic E-state index is -1.20. The number of nitrogens with one attached hydrogen (secondary N) is 1. The van der Waals surface area contributed by atoms with Crippen LogP contribution >= 0.6 is 0 Å². The number of aryl methyl sites for hydroxylation is 1. The van der Waals surface area contributed by atoms with Gasteiger partial charge >= 0.3 is 6.03 Å². The van der Waals surface area contributed by atoms with Crippen LogP contribution in [0.2, 0.25) is 0 Å². The maximum atomic E-state index is 13.2. The first-order valence-electron chi connectivity index (χ1n) is 11.1. The van der Waals surface area contributed by atoms with Crippen LogP contribution in [0, 0.1) is 13.8 Å². The first kappa shape index (κ1) is 21.8. The number of amides is 3. The van der Waals surface area contributed by atoms with Crippen LogP contribution in [-0.2, 0) is 16.9 Å². The third-order valence-corrected chi connectivity index (χ3v) is 6.58. The minimum Gasteiger partial charge on any atom is -0.454 e. The number of urea groups is 1. The van der Waals surface area contributed by atoms with Gasteiger partial charge in [-0.3, -0.25) is 14.5 Å². The first-order valence-corrected chi connectivity index (χ1v) is 11.1. The van der Waals surface area contributed by atoms with E-state index in [9.17, 15) is 14.4 Å². The Kier molecular flexibility index (Phi) is 5.16. The summed E-state index contributed by atoms with van der Waals surface area (Å²) in [7, 11) is 0. The second-order valence-electron chi connectivity index (χ2n) is 8.79. The maximum Gasteiger partial charge on any atom is 0.325 e. The number of carbonyl (C=O) groups is 3. The van der Waals surface area contributed by atoms with E-state index in [1.54, 1.807) is 25.1 Å². The molecule has 0 saturated carbocycles. The van der Waals surface area contributed by atoms with Gasteiger partial charge in [0.15, 0.2) is 17.3 Å². The lowest BCUT2D eigenvalue weighted by molar-refractivity contribution is -0.130. The number of nitrogens with zero attached hydrogens (tertiary/aromatic N) is 2. The Hall–Kier alpha value is -4.07. The van der Waals surface area contributed by atoms with Gasteiger partial charge in [0, 0.05) is 23.5 Å². The average molecular weight is 460 g/mol. The number of imide groups is 1. The lowest BCUT2D eigenvalue weighted by Gasteiger charge is -2.22. The van der Waals surface area contributed by atoms with Crippen molar-refractivity contribution in [2.45, 2.75) is 32.9 Å². The van der Waals surface area contributed by atoms with Gasteiger partial charge < -0.3 is 19.4 Å². The summed E-state index contributed by atoms with van der Waals surface area (Å²) >= 11 is 0. The number of carbonyl (C=O) groups excluding carboxylic acids is 3. The van der Waals surface area contributed by atoms with Gasteiger partial charge in [-0.15, -0.1) is 0 Å². The monoisotopic (exact) mass is 459 g/mol. The predicted octanol–water partition coefficient (Wildman–Crippen LogP) is 3.53. The van der Waals surface area contributed by atoms with Gasteiger partial charge in [0.2, 0.25) is 6.79 Å². The summed E-state index contributed by atoms with van der Waals surface area (Å²) in [5.41, 5.74) is 2.66. The van der Waals surface area contributed by atoms with Crippen molar-refractivity contribution in [3.8, 4) is 11.5 Å². The summed E-state index contributed by atoms with van der Waals surface area (Å²) in [6.45, 7) is 5.90. The third kappa shape index (κ3) is 3.51. The number of ether oxygens (including phenoxy) is 2. The summed E-state index contributed by atoms with van der Waals surface area (Å²) < 4.78 is 12.9. The quantitative estimate of drug-likeness (QED) is 0.450. The van der Waals surface area contributed by atoms with Crippen LogP contribution < -0.4 is 14.8 Å². The number of hydrogen-bond donors (Lipinski definition) is 1. The van der Waals surface area contributed by atoms with Crippen molar-refractivity contribution >= 4 is 17.7 Å². The number of ketones is 1. The Bertz CT molecular complexity index is 1310. The lowest BCUT2D eigenvalue weighted by Crippen LogP contribution is -2.41. The Labute approximate surface area is 197 Å². The van der Waals surface area contributed by atoms with E-state index in [2.05, 4.69) is 5.32 Å². The van der Waals surface area contributed by atoms with Crippen molar-refractivity contribution < 1.29 is 23.9 Å². The van der Waals surface area contributed by atoms with Gasteiger partial charge in [0.25, 0.3) is 5.91 Å². The second-order valence-corrected chi connectivity index (χ2v) is 8.79. The van der Waals surface area contributed by atoms with E-state index in [1.165, 1.54) is 0 Å².